The van der Waals surface area contributed by atoms with Gasteiger partial charge in [0.2, 0.25) is 5.91 Å². The molecule has 2 aromatic carbocycles. The Morgan fingerprint density at radius 3 is 2.32 bits per heavy atom. The molecule has 0 spiro atoms. The number of hydrogen-bond donors (Lipinski definition) is 1. The Labute approximate surface area is 146 Å². The summed E-state index contributed by atoms with van der Waals surface area (Å²) in [5.41, 5.74) is 1.29. The number of hydrogen-bond acceptors (Lipinski definition) is 3. The fourth-order valence-electron chi connectivity index (χ4n) is 2.71. The van der Waals surface area contributed by atoms with Gasteiger partial charge in [-0.3, -0.25) is 9.69 Å². The predicted octanol–water partition coefficient (Wildman–Crippen LogP) is 2.59. The van der Waals surface area contributed by atoms with E-state index in [2.05, 4.69) is 0 Å². The minimum absolute atomic E-state index is 0.135. The van der Waals surface area contributed by atoms with Gasteiger partial charge in [0.15, 0.2) is 0 Å². The van der Waals surface area contributed by atoms with Crippen LogP contribution in [-0.2, 0) is 11.3 Å². The van der Waals surface area contributed by atoms with Crippen LogP contribution in [0.1, 0.15) is 17.2 Å². The molecule has 2 rings (SSSR count). The van der Waals surface area contributed by atoms with Crippen LogP contribution in [0.4, 0.5) is 8.78 Å². The average Bonchev–Trinajstić information content (AvgIpc) is 2.56. The Balaban J connectivity index is 2.27. The molecule has 0 aliphatic heterocycles. The number of aliphatic hydroxyl groups excluding tert-OH is 1. The van der Waals surface area contributed by atoms with Crippen LogP contribution >= 0.6 is 0 Å². The zero-order valence-corrected chi connectivity index (χ0v) is 14.3. The zero-order valence-electron chi connectivity index (χ0n) is 14.3. The van der Waals surface area contributed by atoms with Crippen molar-refractivity contribution in [3.05, 3.63) is 71.3 Å². The number of nitrogens with zero attached hydrogens (tertiary/aromatic N) is 2. The third-order valence-corrected chi connectivity index (χ3v) is 3.88. The second-order valence-electron chi connectivity index (χ2n) is 6.03. The topological polar surface area (TPSA) is 43.8 Å². The first-order valence-corrected chi connectivity index (χ1v) is 7.98. The van der Waals surface area contributed by atoms with Crippen LogP contribution in [0.5, 0.6) is 0 Å². The first-order valence-electron chi connectivity index (χ1n) is 7.98. The van der Waals surface area contributed by atoms with E-state index in [1.807, 2.05) is 0 Å². The number of carbonyl (C=O) groups is 1. The SMILES string of the molecule is CN(C)C(C(=O)N(CCO)Cc1ccc(F)cc1)c1cccc(F)c1. The van der Waals surface area contributed by atoms with E-state index in [0.717, 1.165) is 5.56 Å². The quantitative estimate of drug-likeness (QED) is 0.836. The standard InChI is InChI=1S/C19H22F2N2O2/c1-22(2)18(15-4-3-5-17(21)12-15)19(25)23(10-11-24)13-14-6-8-16(20)9-7-14/h3-9,12,18,24H,10-11,13H2,1-2H3. The number of aliphatic hydroxyl groups is 1. The van der Waals surface area contributed by atoms with E-state index in [0.29, 0.717) is 5.56 Å². The third kappa shape index (κ3) is 5.08. The van der Waals surface area contributed by atoms with Gasteiger partial charge in [-0.25, -0.2) is 8.78 Å². The van der Waals surface area contributed by atoms with Crippen molar-refractivity contribution in [3.8, 4) is 0 Å². The summed E-state index contributed by atoms with van der Waals surface area (Å²) in [7, 11) is 3.48. The molecule has 0 aromatic heterocycles. The van der Waals surface area contributed by atoms with E-state index in [1.54, 1.807) is 43.3 Å². The van der Waals surface area contributed by atoms with Crippen LogP contribution in [0.3, 0.4) is 0 Å². The third-order valence-electron chi connectivity index (χ3n) is 3.88. The lowest BCUT2D eigenvalue weighted by molar-refractivity contribution is -0.137. The maximum atomic E-state index is 13.6. The van der Waals surface area contributed by atoms with Gasteiger partial charge in [0.05, 0.1) is 6.61 Å². The maximum absolute atomic E-state index is 13.6. The lowest BCUT2D eigenvalue weighted by Crippen LogP contribution is -2.41. The highest BCUT2D eigenvalue weighted by molar-refractivity contribution is 5.83. The molecule has 25 heavy (non-hydrogen) atoms. The Morgan fingerprint density at radius 1 is 1.08 bits per heavy atom. The molecule has 0 radical (unpaired) electrons. The molecular weight excluding hydrogens is 326 g/mol. The summed E-state index contributed by atoms with van der Waals surface area (Å²) in [4.78, 5) is 16.2. The number of benzene rings is 2. The number of amides is 1. The normalized spacial score (nSPS) is 12.2. The number of halogens is 2. The van der Waals surface area contributed by atoms with Gasteiger partial charge in [0, 0.05) is 13.1 Å². The van der Waals surface area contributed by atoms with Crippen LogP contribution in [0, 0.1) is 11.6 Å². The van der Waals surface area contributed by atoms with Gasteiger partial charge in [0.25, 0.3) is 0 Å². The molecule has 1 unspecified atom stereocenters. The summed E-state index contributed by atoms with van der Waals surface area (Å²) in [6.45, 7) is 0.172. The molecule has 2 aromatic rings. The van der Waals surface area contributed by atoms with Crippen molar-refractivity contribution < 1.29 is 18.7 Å². The van der Waals surface area contributed by atoms with Crippen molar-refractivity contribution in [1.82, 2.24) is 9.80 Å². The van der Waals surface area contributed by atoms with Crippen molar-refractivity contribution in [1.29, 1.82) is 0 Å². The largest absolute Gasteiger partial charge is 0.395 e. The molecule has 0 saturated heterocycles. The van der Waals surface area contributed by atoms with E-state index in [1.165, 1.54) is 29.2 Å². The van der Waals surface area contributed by atoms with Crippen LogP contribution in [-0.4, -0.2) is 48.1 Å². The van der Waals surface area contributed by atoms with Crippen molar-refractivity contribution in [2.45, 2.75) is 12.6 Å². The minimum Gasteiger partial charge on any atom is -0.395 e. The van der Waals surface area contributed by atoms with E-state index < -0.39 is 11.9 Å². The summed E-state index contributed by atoms with van der Waals surface area (Å²) in [5, 5.41) is 9.32. The van der Waals surface area contributed by atoms with E-state index in [-0.39, 0.29) is 31.4 Å². The average molecular weight is 348 g/mol. The highest BCUT2D eigenvalue weighted by atomic mass is 19.1. The first-order chi connectivity index (χ1) is 11.9. The highest BCUT2D eigenvalue weighted by Crippen LogP contribution is 2.23. The van der Waals surface area contributed by atoms with E-state index >= 15 is 0 Å². The Hall–Kier alpha value is -2.31. The summed E-state index contributed by atoms with van der Waals surface area (Å²) in [5.74, 6) is -1.02. The summed E-state index contributed by atoms with van der Waals surface area (Å²) < 4.78 is 26.6. The molecule has 0 fully saturated rings. The van der Waals surface area contributed by atoms with Crippen LogP contribution < -0.4 is 0 Å². The van der Waals surface area contributed by atoms with Gasteiger partial charge < -0.3 is 10.0 Å². The zero-order chi connectivity index (χ0) is 18.4. The summed E-state index contributed by atoms with van der Waals surface area (Å²) >= 11 is 0. The first kappa shape index (κ1) is 19.0. The smallest absolute Gasteiger partial charge is 0.244 e. The molecule has 0 bridgehead atoms. The summed E-state index contributed by atoms with van der Waals surface area (Å²) in [6.07, 6.45) is 0. The molecule has 6 heteroatoms. The highest BCUT2D eigenvalue weighted by Gasteiger charge is 2.28. The molecule has 0 saturated carbocycles. The second kappa shape index (κ2) is 8.69. The van der Waals surface area contributed by atoms with E-state index in [9.17, 15) is 18.7 Å². The van der Waals surface area contributed by atoms with E-state index in [4.69, 9.17) is 0 Å². The van der Waals surface area contributed by atoms with Crippen molar-refractivity contribution in [2.24, 2.45) is 0 Å². The van der Waals surface area contributed by atoms with Gasteiger partial charge in [-0.1, -0.05) is 24.3 Å². The van der Waals surface area contributed by atoms with Crippen molar-refractivity contribution in [3.63, 3.8) is 0 Å². The summed E-state index contributed by atoms with van der Waals surface area (Å²) in [6, 6.07) is 11.1. The molecule has 134 valence electrons. The maximum Gasteiger partial charge on any atom is 0.244 e. The Morgan fingerprint density at radius 2 is 1.76 bits per heavy atom. The number of likely N-dealkylation sites (N-methyl/N-ethyl adjacent to an activating group) is 1. The van der Waals surface area contributed by atoms with Crippen molar-refractivity contribution in [2.75, 3.05) is 27.2 Å². The van der Waals surface area contributed by atoms with Crippen molar-refractivity contribution >= 4 is 5.91 Å². The van der Waals surface area contributed by atoms with Gasteiger partial charge in [-0.05, 0) is 49.5 Å². The van der Waals surface area contributed by atoms with Gasteiger partial charge in [-0.15, -0.1) is 0 Å². The molecule has 4 nitrogen and oxygen atoms in total. The van der Waals surface area contributed by atoms with Crippen LogP contribution in [0.2, 0.25) is 0 Å². The fourth-order valence-corrected chi connectivity index (χ4v) is 2.71. The van der Waals surface area contributed by atoms with Crippen LogP contribution in [0.25, 0.3) is 0 Å². The monoisotopic (exact) mass is 348 g/mol. The second-order valence-corrected chi connectivity index (χ2v) is 6.03. The molecular formula is C19H22F2N2O2. The Bertz CT molecular complexity index is 705. The molecule has 1 atom stereocenters. The predicted molar refractivity (Wildman–Crippen MR) is 91.7 cm³/mol. The molecule has 1 N–H and O–H groups in total. The van der Waals surface area contributed by atoms with Gasteiger partial charge in [-0.2, -0.15) is 0 Å². The molecule has 0 heterocycles. The molecule has 0 aliphatic carbocycles. The lowest BCUT2D eigenvalue weighted by Gasteiger charge is -2.31. The Kier molecular flexibility index (Phi) is 6.61. The molecule has 0 aliphatic rings. The lowest BCUT2D eigenvalue weighted by atomic mass is 10.0. The van der Waals surface area contributed by atoms with Gasteiger partial charge in [0.1, 0.15) is 17.7 Å². The number of carbonyl (C=O) groups excluding carboxylic acids is 1. The fraction of sp³-hybridized carbons (Fsp3) is 0.316. The number of rotatable bonds is 7. The van der Waals surface area contributed by atoms with Crippen LogP contribution in [0.15, 0.2) is 48.5 Å². The van der Waals surface area contributed by atoms with Gasteiger partial charge >= 0.3 is 0 Å². The minimum atomic E-state index is -0.678. The molecule has 1 amide bonds.